The first-order valence-electron chi connectivity index (χ1n) is 6.99. The highest BCUT2D eigenvalue weighted by Crippen LogP contribution is 2.16. The van der Waals surface area contributed by atoms with E-state index in [2.05, 4.69) is 10.1 Å². The van der Waals surface area contributed by atoms with Gasteiger partial charge in [0.2, 0.25) is 5.91 Å². The van der Waals surface area contributed by atoms with E-state index in [0.29, 0.717) is 6.54 Å². The molecule has 0 aliphatic rings. The summed E-state index contributed by atoms with van der Waals surface area (Å²) in [7, 11) is 0. The van der Waals surface area contributed by atoms with Crippen LogP contribution in [0.5, 0.6) is 5.75 Å². The number of hydrogen-bond acceptors (Lipinski definition) is 3. The summed E-state index contributed by atoms with van der Waals surface area (Å²) < 4.78 is 28.3. The van der Waals surface area contributed by atoms with Crippen LogP contribution in [0.15, 0.2) is 24.3 Å². The van der Waals surface area contributed by atoms with Crippen molar-refractivity contribution in [3.63, 3.8) is 0 Å². The molecule has 0 aromatic heterocycles. The highest BCUT2D eigenvalue weighted by atomic mass is 19.3. The van der Waals surface area contributed by atoms with Crippen LogP contribution in [0.25, 0.3) is 0 Å². The van der Waals surface area contributed by atoms with Gasteiger partial charge in [-0.3, -0.25) is 4.79 Å². The molecule has 0 heterocycles. The Bertz CT molecular complexity index is 437. The lowest BCUT2D eigenvalue weighted by Gasteiger charge is -2.31. The molecule has 0 aliphatic heterocycles. The Morgan fingerprint density at radius 2 is 1.86 bits per heavy atom. The van der Waals surface area contributed by atoms with E-state index < -0.39 is 6.61 Å². The topological polar surface area (TPSA) is 64.3 Å². The summed E-state index contributed by atoms with van der Waals surface area (Å²) in [6, 6.07) is 6.04. The third-order valence-corrected chi connectivity index (χ3v) is 3.66. The predicted molar refractivity (Wildman–Crippen MR) is 77.3 cm³/mol. The molecule has 4 nitrogen and oxygen atoms in total. The molecule has 0 bridgehead atoms. The van der Waals surface area contributed by atoms with Crippen LogP contribution in [0.4, 0.5) is 8.78 Å². The molecule has 118 valence electrons. The smallest absolute Gasteiger partial charge is 0.387 e. The van der Waals surface area contributed by atoms with E-state index in [1.807, 2.05) is 13.8 Å². The van der Waals surface area contributed by atoms with Crippen LogP contribution in [0.2, 0.25) is 0 Å². The molecule has 1 amide bonds. The third kappa shape index (κ3) is 5.30. The Morgan fingerprint density at radius 3 is 2.29 bits per heavy atom. The van der Waals surface area contributed by atoms with Gasteiger partial charge in [0.15, 0.2) is 0 Å². The molecule has 0 aliphatic carbocycles. The predicted octanol–water partition coefficient (Wildman–Crippen LogP) is 2.46. The zero-order valence-corrected chi connectivity index (χ0v) is 12.4. The van der Waals surface area contributed by atoms with Crippen molar-refractivity contribution in [3.05, 3.63) is 29.8 Å². The summed E-state index contributed by atoms with van der Waals surface area (Å²) >= 11 is 0. The van der Waals surface area contributed by atoms with Crippen LogP contribution >= 0.6 is 0 Å². The number of nitrogens with two attached hydrogens (primary N) is 1. The van der Waals surface area contributed by atoms with Gasteiger partial charge in [-0.1, -0.05) is 26.0 Å². The second-order valence-corrected chi connectivity index (χ2v) is 4.94. The molecule has 0 saturated carbocycles. The average Bonchev–Trinajstić information content (AvgIpc) is 2.46. The largest absolute Gasteiger partial charge is 0.435 e. The van der Waals surface area contributed by atoms with Gasteiger partial charge >= 0.3 is 6.61 Å². The highest BCUT2D eigenvalue weighted by Gasteiger charge is 2.26. The average molecular weight is 300 g/mol. The lowest BCUT2D eigenvalue weighted by molar-refractivity contribution is -0.122. The van der Waals surface area contributed by atoms with Gasteiger partial charge in [-0.05, 0) is 30.5 Å². The Labute approximate surface area is 123 Å². The van der Waals surface area contributed by atoms with Gasteiger partial charge in [0.25, 0.3) is 0 Å². The first-order chi connectivity index (χ1) is 9.94. The molecular formula is C15H22F2N2O2. The maximum Gasteiger partial charge on any atom is 0.387 e. The number of nitrogens with one attached hydrogen (secondary N) is 1. The van der Waals surface area contributed by atoms with E-state index in [9.17, 15) is 13.6 Å². The van der Waals surface area contributed by atoms with Gasteiger partial charge in [-0.15, -0.1) is 0 Å². The molecule has 1 aromatic carbocycles. The number of hydrogen-bond donors (Lipinski definition) is 2. The molecule has 0 saturated heterocycles. The maximum atomic E-state index is 12.0. The summed E-state index contributed by atoms with van der Waals surface area (Å²) in [5.74, 6) is -0.0562. The van der Waals surface area contributed by atoms with Crippen molar-refractivity contribution in [3.8, 4) is 5.75 Å². The number of alkyl halides is 2. The van der Waals surface area contributed by atoms with Crippen molar-refractivity contribution in [2.45, 2.75) is 45.3 Å². The van der Waals surface area contributed by atoms with Gasteiger partial charge in [-0.25, -0.2) is 0 Å². The first kappa shape index (κ1) is 17.4. The summed E-state index contributed by atoms with van der Waals surface area (Å²) in [4.78, 5) is 12.0. The van der Waals surface area contributed by atoms with E-state index in [0.717, 1.165) is 18.4 Å². The molecule has 0 unspecified atom stereocenters. The molecule has 0 fully saturated rings. The molecule has 3 N–H and O–H groups in total. The van der Waals surface area contributed by atoms with Crippen LogP contribution in [-0.4, -0.2) is 24.6 Å². The standard InChI is InChI=1S/C15H22F2N2O2/c1-3-15(4-2,10-18)19-13(20)9-11-5-7-12(8-6-11)21-14(16)17/h5-8,14H,3-4,9-10,18H2,1-2H3,(H,19,20). The number of carbonyl (C=O) groups is 1. The lowest BCUT2D eigenvalue weighted by atomic mass is 9.92. The summed E-state index contributed by atoms with van der Waals surface area (Å²) in [5.41, 5.74) is 6.08. The van der Waals surface area contributed by atoms with Crippen molar-refractivity contribution >= 4 is 5.91 Å². The van der Waals surface area contributed by atoms with E-state index in [1.165, 1.54) is 12.1 Å². The molecule has 0 radical (unpaired) electrons. The van der Waals surface area contributed by atoms with E-state index in [4.69, 9.17) is 5.73 Å². The molecular weight excluding hydrogens is 278 g/mol. The van der Waals surface area contributed by atoms with Crippen molar-refractivity contribution < 1.29 is 18.3 Å². The molecule has 0 atom stereocenters. The molecule has 0 spiro atoms. The zero-order chi connectivity index (χ0) is 15.9. The molecule has 1 aromatic rings. The number of benzene rings is 1. The zero-order valence-electron chi connectivity index (χ0n) is 12.4. The van der Waals surface area contributed by atoms with Gasteiger partial charge < -0.3 is 15.8 Å². The van der Waals surface area contributed by atoms with Crippen LogP contribution in [0, 0.1) is 0 Å². The second kappa shape index (κ2) is 7.93. The monoisotopic (exact) mass is 300 g/mol. The number of ether oxygens (including phenoxy) is 1. The Morgan fingerprint density at radius 1 is 1.29 bits per heavy atom. The maximum absolute atomic E-state index is 12.0. The van der Waals surface area contributed by atoms with Crippen molar-refractivity contribution in [2.75, 3.05) is 6.54 Å². The first-order valence-corrected chi connectivity index (χ1v) is 6.99. The van der Waals surface area contributed by atoms with Crippen molar-refractivity contribution in [1.82, 2.24) is 5.32 Å². The lowest BCUT2D eigenvalue weighted by Crippen LogP contribution is -2.53. The number of amides is 1. The fraction of sp³-hybridized carbons (Fsp3) is 0.533. The van der Waals surface area contributed by atoms with E-state index >= 15 is 0 Å². The minimum Gasteiger partial charge on any atom is -0.435 e. The Hall–Kier alpha value is -1.69. The highest BCUT2D eigenvalue weighted by molar-refractivity contribution is 5.79. The molecule has 21 heavy (non-hydrogen) atoms. The van der Waals surface area contributed by atoms with Crippen LogP contribution in [0.1, 0.15) is 32.3 Å². The summed E-state index contributed by atoms with van der Waals surface area (Å²) in [5, 5.41) is 2.96. The van der Waals surface area contributed by atoms with Crippen LogP contribution in [0.3, 0.4) is 0 Å². The van der Waals surface area contributed by atoms with Gasteiger partial charge in [0.05, 0.1) is 12.0 Å². The van der Waals surface area contributed by atoms with Crippen LogP contribution < -0.4 is 15.8 Å². The Balaban J connectivity index is 2.62. The molecule has 1 rings (SSSR count). The minimum atomic E-state index is -2.85. The Kier molecular flexibility index (Phi) is 6.55. The van der Waals surface area contributed by atoms with Gasteiger partial charge in [-0.2, -0.15) is 8.78 Å². The van der Waals surface area contributed by atoms with E-state index in [1.54, 1.807) is 12.1 Å². The second-order valence-electron chi connectivity index (χ2n) is 4.94. The fourth-order valence-electron chi connectivity index (χ4n) is 2.08. The number of carbonyl (C=O) groups excluding carboxylic acids is 1. The fourth-order valence-corrected chi connectivity index (χ4v) is 2.08. The van der Waals surface area contributed by atoms with Crippen molar-refractivity contribution in [2.24, 2.45) is 5.73 Å². The van der Waals surface area contributed by atoms with E-state index in [-0.39, 0.29) is 23.6 Å². The van der Waals surface area contributed by atoms with Crippen molar-refractivity contribution in [1.29, 1.82) is 0 Å². The third-order valence-electron chi connectivity index (χ3n) is 3.66. The molecule has 6 heteroatoms. The van der Waals surface area contributed by atoms with Crippen LogP contribution in [-0.2, 0) is 11.2 Å². The number of rotatable bonds is 8. The quantitative estimate of drug-likeness (QED) is 0.775. The SMILES string of the molecule is CCC(CC)(CN)NC(=O)Cc1ccc(OC(F)F)cc1. The van der Waals surface area contributed by atoms with Gasteiger partial charge in [0.1, 0.15) is 5.75 Å². The summed E-state index contributed by atoms with van der Waals surface area (Å²) in [6.07, 6.45) is 1.69. The number of halogens is 2. The summed E-state index contributed by atoms with van der Waals surface area (Å²) in [6.45, 7) is 1.49. The van der Waals surface area contributed by atoms with Gasteiger partial charge in [0, 0.05) is 6.54 Å². The normalized spacial score (nSPS) is 11.5. The minimum absolute atomic E-state index is 0.0765.